The molecule has 186 valence electrons. The predicted molar refractivity (Wildman–Crippen MR) is 133 cm³/mol. The number of rotatable bonds is 6. The molecule has 9 nitrogen and oxygen atoms in total. The highest BCUT2D eigenvalue weighted by molar-refractivity contribution is 6.35. The van der Waals surface area contributed by atoms with Crippen LogP contribution in [0.3, 0.4) is 0 Å². The fraction of sp³-hybridized carbons (Fsp3) is 0.333. The van der Waals surface area contributed by atoms with Crippen molar-refractivity contribution in [2.24, 2.45) is 0 Å². The third-order valence-electron chi connectivity index (χ3n) is 4.74. The van der Waals surface area contributed by atoms with E-state index in [1.165, 1.54) is 4.57 Å². The lowest BCUT2D eigenvalue weighted by molar-refractivity contribution is 0.0505. The molecule has 0 fully saturated rings. The lowest BCUT2D eigenvalue weighted by atomic mass is 10.2. The van der Waals surface area contributed by atoms with Gasteiger partial charge in [0, 0.05) is 12.2 Å². The molecule has 2 aromatic carbocycles. The first kappa shape index (κ1) is 26.0. The maximum Gasteiger partial charge on any atom is 0.408 e. The number of fused-ring (bicyclic) bond motifs is 1. The summed E-state index contributed by atoms with van der Waals surface area (Å²) in [6.07, 6.45) is -0.669. The van der Waals surface area contributed by atoms with E-state index in [9.17, 15) is 18.8 Å². The predicted octanol–water partition coefficient (Wildman–Crippen LogP) is 4.72. The van der Waals surface area contributed by atoms with E-state index >= 15 is 0 Å². The number of aromatic nitrogens is 2. The number of hydrogen-bond acceptors (Lipinski definition) is 5. The number of benzene rings is 2. The monoisotopic (exact) mass is 503 g/mol. The van der Waals surface area contributed by atoms with Crippen molar-refractivity contribution in [3.05, 3.63) is 63.7 Å². The summed E-state index contributed by atoms with van der Waals surface area (Å²) in [5.41, 5.74) is -0.0561. The Kier molecular flexibility index (Phi) is 7.96. The standard InChI is InChI=1S/C24H27ClFN5O4/c1-14(28-23(34)35-24(2,3)4)20-30-18-10-6-9-17(25)19(18)21(32)31(20)16-8-5-7-15(13-16)29-22(33)27-12-11-26/h5-10,13-14H,11-12H2,1-4H3,(H,28,34)(H2,27,29,33)/t14-/m0/s1. The van der Waals surface area contributed by atoms with Crippen molar-refractivity contribution in [3.63, 3.8) is 0 Å². The summed E-state index contributed by atoms with van der Waals surface area (Å²) in [6.45, 7) is 6.07. The van der Waals surface area contributed by atoms with Gasteiger partial charge < -0.3 is 20.7 Å². The Morgan fingerprint density at radius 2 is 1.91 bits per heavy atom. The Morgan fingerprint density at radius 1 is 1.20 bits per heavy atom. The van der Waals surface area contributed by atoms with Crippen molar-refractivity contribution >= 4 is 40.3 Å². The first-order valence-electron chi connectivity index (χ1n) is 10.9. The molecule has 11 heteroatoms. The molecule has 0 aliphatic heterocycles. The Morgan fingerprint density at radius 3 is 2.60 bits per heavy atom. The van der Waals surface area contributed by atoms with Crippen molar-refractivity contribution in [3.8, 4) is 5.69 Å². The molecule has 1 aromatic heterocycles. The average Bonchev–Trinajstić information content (AvgIpc) is 2.76. The van der Waals surface area contributed by atoms with Gasteiger partial charge in [0.2, 0.25) is 0 Å². The Balaban J connectivity index is 2.10. The van der Waals surface area contributed by atoms with Gasteiger partial charge in [-0.3, -0.25) is 9.36 Å². The van der Waals surface area contributed by atoms with E-state index < -0.39 is 36.0 Å². The molecule has 3 rings (SSSR count). The largest absolute Gasteiger partial charge is 0.444 e. The number of hydrogen-bond donors (Lipinski definition) is 3. The summed E-state index contributed by atoms with van der Waals surface area (Å²) in [5, 5.41) is 8.11. The molecule has 3 N–H and O–H groups in total. The molecule has 0 spiro atoms. The number of amides is 3. The zero-order valence-corrected chi connectivity index (χ0v) is 20.6. The quantitative estimate of drug-likeness (QED) is 0.450. The summed E-state index contributed by atoms with van der Waals surface area (Å²) in [6, 6.07) is 10.1. The number of nitrogens with one attached hydrogen (secondary N) is 3. The summed E-state index contributed by atoms with van der Waals surface area (Å²) in [5.74, 6) is 0.231. The van der Waals surface area contributed by atoms with Crippen LogP contribution in [0.4, 0.5) is 19.7 Å². The van der Waals surface area contributed by atoms with E-state index in [4.69, 9.17) is 16.3 Å². The summed E-state index contributed by atoms with van der Waals surface area (Å²) >= 11 is 6.32. The van der Waals surface area contributed by atoms with E-state index in [0.29, 0.717) is 16.9 Å². The third-order valence-corrected chi connectivity index (χ3v) is 5.05. The zero-order valence-electron chi connectivity index (χ0n) is 19.8. The zero-order chi connectivity index (χ0) is 25.8. The molecule has 0 unspecified atom stereocenters. The molecule has 0 radical (unpaired) electrons. The van der Waals surface area contributed by atoms with Gasteiger partial charge in [0.1, 0.15) is 18.1 Å². The van der Waals surface area contributed by atoms with Gasteiger partial charge >= 0.3 is 12.1 Å². The SMILES string of the molecule is C[C@H](NC(=O)OC(C)(C)C)c1nc2cccc(Cl)c2c(=O)n1-c1cccc(NC(=O)NCCF)c1. The van der Waals surface area contributed by atoms with Crippen LogP contribution < -0.4 is 21.5 Å². The molecule has 0 saturated heterocycles. The van der Waals surface area contributed by atoms with Crippen LogP contribution in [-0.2, 0) is 4.74 Å². The van der Waals surface area contributed by atoms with Crippen molar-refractivity contribution in [2.75, 3.05) is 18.5 Å². The number of ether oxygens (including phenoxy) is 1. The average molecular weight is 504 g/mol. The van der Waals surface area contributed by atoms with E-state index in [1.807, 2.05) is 0 Å². The Labute approximate surface area is 206 Å². The smallest absolute Gasteiger partial charge is 0.408 e. The van der Waals surface area contributed by atoms with Gasteiger partial charge in [-0.1, -0.05) is 23.7 Å². The summed E-state index contributed by atoms with van der Waals surface area (Å²) < 4.78 is 19.0. The van der Waals surface area contributed by atoms with Gasteiger partial charge in [0.05, 0.1) is 27.7 Å². The fourth-order valence-corrected chi connectivity index (χ4v) is 3.60. The first-order valence-corrected chi connectivity index (χ1v) is 11.3. The van der Waals surface area contributed by atoms with Crippen LogP contribution in [-0.4, -0.2) is 40.5 Å². The molecule has 1 heterocycles. The topological polar surface area (TPSA) is 114 Å². The molecule has 0 aliphatic carbocycles. The molecular formula is C24H27ClFN5O4. The number of nitrogens with zero attached hydrogens (tertiary/aromatic N) is 2. The second-order valence-electron chi connectivity index (χ2n) is 8.73. The van der Waals surface area contributed by atoms with Crippen LogP contribution in [0.15, 0.2) is 47.3 Å². The van der Waals surface area contributed by atoms with E-state index in [-0.39, 0.29) is 22.8 Å². The number of anilines is 1. The number of carbonyl (C=O) groups excluding carboxylic acids is 2. The molecule has 0 bridgehead atoms. The van der Waals surface area contributed by atoms with Gasteiger partial charge in [0.25, 0.3) is 5.56 Å². The number of alkyl halides is 1. The van der Waals surface area contributed by atoms with Crippen LogP contribution in [0.25, 0.3) is 16.6 Å². The van der Waals surface area contributed by atoms with Crippen molar-refractivity contribution in [2.45, 2.75) is 39.3 Å². The van der Waals surface area contributed by atoms with Gasteiger partial charge in [-0.25, -0.2) is 19.0 Å². The van der Waals surface area contributed by atoms with Gasteiger partial charge in [-0.2, -0.15) is 0 Å². The highest BCUT2D eigenvalue weighted by Gasteiger charge is 2.23. The molecule has 3 amide bonds. The lowest BCUT2D eigenvalue weighted by Crippen LogP contribution is -2.37. The second kappa shape index (κ2) is 10.7. The highest BCUT2D eigenvalue weighted by atomic mass is 35.5. The van der Waals surface area contributed by atoms with Gasteiger partial charge in [-0.15, -0.1) is 0 Å². The van der Waals surface area contributed by atoms with Crippen LogP contribution in [0, 0.1) is 0 Å². The van der Waals surface area contributed by atoms with Crippen LogP contribution in [0.2, 0.25) is 5.02 Å². The van der Waals surface area contributed by atoms with Crippen molar-refractivity contribution < 1.29 is 18.7 Å². The summed E-state index contributed by atoms with van der Waals surface area (Å²) in [7, 11) is 0. The Hall–Kier alpha value is -3.66. The molecule has 3 aromatic rings. The number of halogens is 2. The molecule has 1 atom stereocenters. The van der Waals surface area contributed by atoms with Crippen LogP contribution in [0.1, 0.15) is 39.6 Å². The van der Waals surface area contributed by atoms with Crippen molar-refractivity contribution in [1.29, 1.82) is 0 Å². The normalized spacial score (nSPS) is 12.2. The maximum absolute atomic E-state index is 13.6. The highest BCUT2D eigenvalue weighted by Crippen LogP contribution is 2.24. The Bertz CT molecular complexity index is 1310. The van der Waals surface area contributed by atoms with Crippen LogP contribution in [0.5, 0.6) is 0 Å². The maximum atomic E-state index is 13.6. The van der Waals surface area contributed by atoms with Gasteiger partial charge in [0.15, 0.2) is 0 Å². The number of carbonyl (C=O) groups is 2. The fourth-order valence-electron chi connectivity index (χ4n) is 3.35. The van der Waals surface area contributed by atoms with Crippen LogP contribution >= 0.6 is 11.6 Å². The molecular weight excluding hydrogens is 477 g/mol. The number of urea groups is 1. The summed E-state index contributed by atoms with van der Waals surface area (Å²) in [4.78, 5) is 42.6. The minimum Gasteiger partial charge on any atom is -0.444 e. The third kappa shape index (κ3) is 6.48. The molecule has 35 heavy (non-hydrogen) atoms. The van der Waals surface area contributed by atoms with Crippen molar-refractivity contribution in [1.82, 2.24) is 20.2 Å². The lowest BCUT2D eigenvalue weighted by Gasteiger charge is -2.23. The molecule has 0 saturated carbocycles. The van der Waals surface area contributed by atoms with E-state index in [2.05, 4.69) is 20.9 Å². The van der Waals surface area contributed by atoms with E-state index in [0.717, 1.165) is 0 Å². The van der Waals surface area contributed by atoms with E-state index in [1.54, 1.807) is 70.2 Å². The minimum atomic E-state index is -0.731. The second-order valence-corrected chi connectivity index (χ2v) is 9.14. The van der Waals surface area contributed by atoms with Gasteiger partial charge in [-0.05, 0) is 58.0 Å². The first-order chi connectivity index (χ1) is 16.5. The number of alkyl carbamates (subject to hydrolysis) is 1. The minimum absolute atomic E-state index is 0.129. The molecule has 0 aliphatic rings.